The quantitative estimate of drug-likeness (QED) is 0.159. The van der Waals surface area contributed by atoms with Crippen molar-refractivity contribution in [2.75, 3.05) is 0 Å². The first-order valence-electron chi connectivity index (χ1n) is 20.6. The Labute approximate surface area is 265 Å². The molecule has 5 aliphatic carbocycles. The summed E-state index contributed by atoms with van der Waals surface area (Å²) in [7, 11) is 0. The maximum atomic E-state index is 2.33. The van der Waals surface area contributed by atoms with Gasteiger partial charge in [-0.3, -0.25) is 0 Å². The van der Waals surface area contributed by atoms with E-state index in [-0.39, 0.29) is 0 Å². The van der Waals surface area contributed by atoms with Crippen LogP contribution in [-0.2, 0) is 0 Å². The monoisotopic (exact) mass is 581 g/mol. The average Bonchev–Trinajstić information content (AvgIpc) is 3.01. The zero-order valence-electron chi connectivity index (χ0n) is 29.1. The van der Waals surface area contributed by atoms with Crippen LogP contribution in [0.4, 0.5) is 0 Å². The minimum absolute atomic E-state index is 0.812. The second-order valence-electron chi connectivity index (χ2n) is 17.7. The maximum absolute atomic E-state index is 2.33. The predicted molar refractivity (Wildman–Crippen MR) is 185 cm³/mol. The SMILES string of the molecule is CCCCCCCCC1CCC(C2CCC3(CC2)CC2(CCC(C4CCC(CCCCCCCC)CC4)CC2)C3)CC1. The molecule has 5 rings (SSSR count). The Bertz CT molecular complexity index is 632. The minimum Gasteiger partial charge on any atom is -0.0654 e. The lowest BCUT2D eigenvalue weighted by molar-refractivity contribution is -0.109. The molecule has 5 fully saturated rings. The first-order chi connectivity index (χ1) is 20.6. The molecule has 0 aromatic heterocycles. The number of hydrogen-bond acceptors (Lipinski definition) is 0. The summed E-state index contributed by atoms with van der Waals surface area (Å²) in [6.45, 7) is 4.67. The van der Waals surface area contributed by atoms with Gasteiger partial charge < -0.3 is 0 Å². The van der Waals surface area contributed by atoms with Crippen molar-refractivity contribution in [1.29, 1.82) is 0 Å². The number of unbranched alkanes of at least 4 members (excludes halogenated alkanes) is 10. The number of rotatable bonds is 16. The van der Waals surface area contributed by atoms with Crippen molar-refractivity contribution in [3.8, 4) is 0 Å². The van der Waals surface area contributed by atoms with E-state index in [1.54, 1.807) is 128 Å². The Hall–Kier alpha value is 0. The van der Waals surface area contributed by atoms with Crippen LogP contribution in [0.5, 0.6) is 0 Å². The summed E-state index contributed by atoms with van der Waals surface area (Å²) < 4.78 is 0. The van der Waals surface area contributed by atoms with Gasteiger partial charge >= 0.3 is 0 Å². The van der Waals surface area contributed by atoms with Crippen LogP contribution in [-0.4, -0.2) is 0 Å². The molecule has 5 aliphatic rings. The average molecular weight is 581 g/mol. The third-order valence-corrected chi connectivity index (χ3v) is 14.7. The molecule has 0 nitrogen and oxygen atoms in total. The lowest BCUT2D eigenvalue weighted by Gasteiger charge is -2.62. The van der Waals surface area contributed by atoms with Crippen LogP contribution in [0.2, 0.25) is 0 Å². The fraction of sp³-hybridized carbons (Fsp3) is 1.00. The lowest BCUT2D eigenvalue weighted by Crippen LogP contribution is -2.50. The molecule has 244 valence electrons. The Morgan fingerprint density at radius 2 is 0.667 bits per heavy atom. The third kappa shape index (κ3) is 9.51. The maximum Gasteiger partial charge on any atom is -0.0287 e. The lowest BCUT2D eigenvalue weighted by atomic mass is 9.43. The molecular formula is C42H76. The minimum atomic E-state index is 0.812. The molecule has 0 aliphatic heterocycles. The molecular weight excluding hydrogens is 504 g/mol. The van der Waals surface area contributed by atoms with Gasteiger partial charge in [0.25, 0.3) is 0 Å². The molecule has 0 amide bonds. The van der Waals surface area contributed by atoms with Gasteiger partial charge in [0, 0.05) is 0 Å². The van der Waals surface area contributed by atoms with Crippen molar-refractivity contribution >= 4 is 0 Å². The highest BCUT2D eigenvalue weighted by Gasteiger charge is 2.56. The first kappa shape index (κ1) is 33.4. The molecule has 0 radical (unpaired) electrons. The van der Waals surface area contributed by atoms with E-state index in [2.05, 4.69) is 13.8 Å². The topological polar surface area (TPSA) is 0 Å². The molecule has 0 heterocycles. The predicted octanol–water partition coefficient (Wildman–Crippen LogP) is 14.2. The molecule has 0 heteroatoms. The molecule has 0 bridgehead atoms. The summed E-state index contributed by atoms with van der Waals surface area (Å²) in [6.07, 6.45) is 49.6. The highest BCUT2D eigenvalue weighted by molar-refractivity contribution is 5.07. The second-order valence-corrected chi connectivity index (χ2v) is 17.7. The van der Waals surface area contributed by atoms with Crippen LogP contribution in [0.15, 0.2) is 0 Å². The van der Waals surface area contributed by atoms with Gasteiger partial charge in [-0.1, -0.05) is 129 Å². The van der Waals surface area contributed by atoms with Crippen LogP contribution in [0.3, 0.4) is 0 Å². The molecule has 2 spiro atoms. The van der Waals surface area contributed by atoms with Gasteiger partial charge in [-0.25, -0.2) is 0 Å². The Morgan fingerprint density at radius 3 is 1.02 bits per heavy atom. The zero-order chi connectivity index (χ0) is 29.1. The van der Waals surface area contributed by atoms with Gasteiger partial charge in [0.15, 0.2) is 0 Å². The second kappa shape index (κ2) is 17.1. The van der Waals surface area contributed by atoms with Crippen LogP contribution in [0.1, 0.15) is 219 Å². The van der Waals surface area contributed by atoms with E-state index in [1.807, 2.05) is 0 Å². The molecule has 0 aromatic rings. The van der Waals surface area contributed by atoms with Gasteiger partial charge in [-0.15, -0.1) is 0 Å². The van der Waals surface area contributed by atoms with Crippen molar-refractivity contribution in [3.63, 3.8) is 0 Å². The third-order valence-electron chi connectivity index (χ3n) is 14.7. The van der Waals surface area contributed by atoms with Gasteiger partial charge in [0.1, 0.15) is 0 Å². The standard InChI is InChI=1S/C42H76/c1-3-5-7-9-11-13-15-35-17-21-37(22-18-35)39-25-29-41(30-26-39)33-42(34-41)31-27-40(28-32-42)38-23-19-36(20-24-38)16-14-12-10-8-6-4-2/h35-40H,3-34H2,1-2H3. The van der Waals surface area contributed by atoms with E-state index in [1.165, 1.54) is 77.0 Å². The van der Waals surface area contributed by atoms with Gasteiger partial charge in [-0.05, 0) is 136 Å². The van der Waals surface area contributed by atoms with Crippen molar-refractivity contribution in [1.82, 2.24) is 0 Å². The van der Waals surface area contributed by atoms with E-state index >= 15 is 0 Å². The fourth-order valence-corrected chi connectivity index (χ4v) is 12.0. The van der Waals surface area contributed by atoms with Crippen LogP contribution in [0.25, 0.3) is 0 Å². The van der Waals surface area contributed by atoms with E-state index < -0.39 is 0 Å². The van der Waals surface area contributed by atoms with Gasteiger partial charge in [-0.2, -0.15) is 0 Å². The van der Waals surface area contributed by atoms with Gasteiger partial charge in [0.05, 0.1) is 0 Å². The van der Waals surface area contributed by atoms with E-state index in [0.29, 0.717) is 0 Å². The van der Waals surface area contributed by atoms with Crippen molar-refractivity contribution in [2.45, 2.75) is 219 Å². The summed E-state index contributed by atoms with van der Waals surface area (Å²) >= 11 is 0. The molecule has 0 atom stereocenters. The molecule has 42 heavy (non-hydrogen) atoms. The van der Waals surface area contributed by atoms with Crippen LogP contribution >= 0.6 is 0 Å². The summed E-state index contributed by atoms with van der Waals surface area (Å²) in [6, 6.07) is 0. The van der Waals surface area contributed by atoms with Crippen molar-refractivity contribution in [3.05, 3.63) is 0 Å². The molecule has 0 N–H and O–H groups in total. The smallest absolute Gasteiger partial charge is 0.0287 e. The Balaban J connectivity index is 0.910. The first-order valence-corrected chi connectivity index (χ1v) is 20.6. The molecule has 0 unspecified atom stereocenters. The largest absolute Gasteiger partial charge is 0.0654 e. The summed E-state index contributed by atoms with van der Waals surface area (Å²) in [5.41, 5.74) is 1.62. The highest BCUT2D eigenvalue weighted by atomic mass is 14.6. The molecule has 0 saturated heterocycles. The van der Waals surface area contributed by atoms with Crippen LogP contribution in [0, 0.1) is 46.3 Å². The van der Waals surface area contributed by atoms with Crippen molar-refractivity contribution in [2.24, 2.45) is 46.3 Å². The van der Waals surface area contributed by atoms with E-state index in [4.69, 9.17) is 0 Å². The number of hydrogen-bond donors (Lipinski definition) is 0. The zero-order valence-corrected chi connectivity index (χ0v) is 29.1. The Kier molecular flexibility index (Phi) is 13.6. The Morgan fingerprint density at radius 1 is 0.357 bits per heavy atom. The van der Waals surface area contributed by atoms with E-state index in [9.17, 15) is 0 Å². The fourth-order valence-electron chi connectivity index (χ4n) is 12.0. The molecule has 0 aromatic carbocycles. The van der Waals surface area contributed by atoms with Gasteiger partial charge in [0.2, 0.25) is 0 Å². The normalized spacial score (nSPS) is 39.0. The highest BCUT2D eigenvalue weighted by Crippen LogP contribution is 2.67. The van der Waals surface area contributed by atoms with Crippen molar-refractivity contribution < 1.29 is 0 Å². The summed E-state index contributed by atoms with van der Waals surface area (Å²) in [5.74, 6) is 6.60. The summed E-state index contributed by atoms with van der Waals surface area (Å²) in [4.78, 5) is 0. The molecule has 5 saturated carbocycles. The van der Waals surface area contributed by atoms with E-state index in [0.717, 1.165) is 46.3 Å². The summed E-state index contributed by atoms with van der Waals surface area (Å²) in [5, 5.41) is 0. The van der Waals surface area contributed by atoms with Crippen LogP contribution < -0.4 is 0 Å².